The number of fused-ring (bicyclic) bond motifs is 3. The van der Waals surface area contributed by atoms with Crippen molar-refractivity contribution in [2.45, 2.75) is 31.7 Å². The number of rotatable bonds is 4. The minimum atomic E-state index is -0.887. The van der Waals surface area contributed by atoms with Crippen molar-refractivity contribution in [2.24, 2.45) is 0 Å². The highest BCUT2D eigenvalue weighted by Crippen LogP contribution is 2.37. The number of hydrogen-bond donors (Lipinski definition) is 0. The lowest BCUT2D eigenvalue weighted by molar-refractivity contribution is -0.123. The number of pyridine rings is 1. The molecule has 31 heavy (non-hydrogen) atoms. The number of likely N-dealkylation sites (tertiary alicyclic amines) is 1. The van der Waals surface area contributed by atoms with Crippen LogP contribution in [0.2, 0.25) is 0 Å². The molecule has 0 aliphatic carbocycles. The molecule has 3 aromatic rings. The van der Waals surface area contributed by atoms with Gasteiger partial charge in [-0.2, -0.15) is 0 Å². The average Bonchev–Trinajstić information content (AvgIpc) is 3.18. The van der Waals surface area contributed by atoms with Crippen molar-refractivity contribution < 1.29 is 18.3 Å². The van der Waals surface area contributed by atoms with Gasteiger partial charge < -0.3 is 9.64 Å². The number of amides is 1. The van der Waals surface area contributed by atoms with Crippen LogP contribution in [-0.4, -0.2) is 34.5 Å². The third kappa shape index (κ3) is 3.88. The van der Waals surface area contributed by atoms with Gasteiger partial charge in [0.25, 0.3) is 0 Å². The Labute approximate surface area is 178 Å². The molecule has 2 unspecified atom stereocenters. The maximum Gasteiger partial charge on any atom is 0.244 e. The molecule has 2 atom stereocenters. The van der Waals surface area contributed by atoms with Gasteiger partial charge in [0.15, 0.2) is 11.6 Å². The predicted molar refractivity (Wildman–Crippen MR) is 111 cm³/mol. The number of para-hydroxylation sites is 2. The molecular weight excluding hydrogens is 400 g/mol. The highest BCUT2D eigenvalue weighted by atomic mass is 19.2. The van der Waals surface area contributed by atoms with Gasteiger partial charge in [0.1, 0.15) is 11.9 Å². The Morgan fingerprint density at radius 2 is 1.87 bits per heavy atom. The van der Waals surface area contributed by atoms with E-state index in [1.807, 2.05) is 41.3 Å². The number of hydrogen-bond acceptors (Lipinski definition) is 4. The molecule has 1 fully saturated rings. The molecule has 0 N–H and O–H groups in total. The number of halogens is 2. The van der Waals surface area contributed by atoms with Gasteiger partial charge in [-0.1, -0.05) is 24.3 Å². The quantitative estimate of drug-likeness (QED) is 0.641. The molecule has 7 heteroatoms. The van der Waals surface area contributed by atoms with E-state index in [-0.39, 0.29) is 12.0 Å². The smallest absolute Gasteiger partial charge is 0.244 e. The van der Waals surface area contributed by atoms with Gasteiger partial charge in [-0.15, -0.1) is 0 Å². The fraction of sp³-hybridized carbons (Fsp3) is 0.250. The second-order valence-corrected chi connectivity index (χ2v) is 7.92. The van der Waals surface area contributed by atoms with Crippen LogP contribution in [-0.2, 0) is 17.9 Å². The van der Waals surface area contributed by atoms with Gasteiger partial charge in [-0.25, -0.2) is 8.78 Å². The van der Waals surface area contributed by atoms with Gasteiger partial charge >= 0.3 is 0 Å². The minimum absolute atomic E-state index is 0.0373. The Kier molecular flexibility index (Phi) is 5.11. The van der Waals surface area contributed by atoms with Crippen LogP contribution in [0.4, 0.5) is 14.5 Å². The number of nitrogens with zero attached hydrogens (tertiary/aromatic N) is 3. The van der Waals surface area contributed by atoms with Crippen molar-refractivity contribution in [3.05, 3.63) is 89.8 Å². The molecule has 2 aliphatic heterocycles. The summed E-state index contributed by atoms with van der Waals surface area (Å²) in [5, 5.41) is 0. The second kappa shape index (κ2) is 8.07. The number of carbonyl (C=O) groups is 1. The van der Waals surface area contributed by atoms with Gasteiger partial charge in [0, 0.05) is 31.9 Å². The Morgan fingerprint density at radius 3 is 2.68 bits per heavy atom. The summed E-state index contributed by atoms with van der Waals surface area (Å²) in [4.78, 5) is 21.6. The molecule has 1 amide bonds. The normalized spacial score (nSPS) is 20.7. The summed E-state index contributed by atoms with van der Waals surface area (Å²) in [6.07, 6.45) is 3.83. The Morgan fingerprint density at radius 1 is 1.00 bits per heavy atom. The summed E-state index contributed by atoms with van der Waals surface area (Å²) in [5.41, 5.74) is 2.25. The maximum atomic E-state index is 13.7. The number of benzene rings is 2. The van der Waals surface area contributed by atoms with E-state index in [4.69, 9.17) is 4.74 Å². The summed E-state index contributed by atoms with van der Waals surface area (Å²) >= 11 is 0. The van der Waals surface area contributed by atoms with Gasteiger partial charge in [-0.05, 0) is 41.5 Å². The van der Waals surface area contributed by atoms with E-state index >= 15 is 0 Å². The molecule has 5 rings (SSSR count). The number of anilines is 1. The van der Waals surface area contributed by atoms with E-state index in [0.29, 0.717) is 37.4 Å². The van der Waals surface area contributed by atoms with Crippen LogP contribution < -0.4 is 9.64 Å². The minimum Gasteiger partial charge on any atom is -0.487 e. The van der Waals surface area contributed by atoms with Crippen LogP contribution in [0.1, 0.15) is 17.5 Å². The Hall–Kier alpha value is -3.32. The molecule has 1 saturated heterocycles. The van der Waals surface area contributed by atoms with Crippen LogP contribution in [0.5, 0.6) is 5.75 Å². The van der Waals surface area contributed by atoms with E-state index in [2.05, 4.69) is 4.98 Å². The van der Waals surface area contributed by atoms with E-state index < -0.39 is 17.7 Å². The third-order valence-corrected chi connectivity index (χ3v) is 5.80. The molecule has 0 spiro atoms. The molecule has 158 valence electrons. The summed E-state index contributed by atoms with van der Waals surface area (Å²) in [7, 11) is 0. The van der Waals surface area contributed by atoms with E-state index in [0.717, 1.165) is 17.3 Å². The first kappa shape index (κ1) is 19.6. The number of ether oxygens (including phenoxy) is 1. The third-order valence-electron chi connectivity index (χ3n) is 5.80. The first-order valence-electron chi connectivity index (χ1n) is 10.2. The topological polar surface area (TPSA) is 45.7 Å². The van der Waals surface area contributed by atoms with E-state index in [1.165, 1.54) is 6.07 Å². The summed E-state index contributed by atoms with van der Waals surface area (Å²) < 4.78 is 33.3. The summed E-state index contributed by atoms with van der Waals surface area (Å²) in [6, 6.07) is 14.7. The van der Waals surface area contributed by atoms with Crippen molar-refractivity contribution in [3.63, 3.8) is 0 Å². The lowest BCUT2D eigenvalue weighted by Gasteiger charge is -2.32. The molecule has 2 bridgehead atoms. The SMILES string of the molecule is O=C1C2CC(CN2Cc2ccc(F)c(F)c2)Oc2ccccc2N1Cc1cccnc1. The second-order valence-electron chi connectivity index (χ2n) is 7.92. The predicted octanol–water partition coefficient (Wildman–Crippen LogP) is 3.93. The van der Waals surface area contributed by atoms with Crippen LogP contribution in [0.3, 0.4) is 0 Å². The van der Waals surface area contributed by atoms with Gasteiger partial charge in [0.05, 0.1) is 18.3 Å². The number of carbonyl (C=O) groups excluding carboxylic acids is 1. The van der Waals surface area contributed by atoms with Crippen LogP contribution >= 0.6 is 0 Å². The zero-order chi connectivity index (χ0) is 21.4. The van der Waals surface area contributed by atoms with Crippen molar-refractivity contribution >= 4 is 11.6 Å². The fourth-order valence-corrected chi connectivity index (χ4v) is 4.35. The van der Waals surface area contributed by atoms with E-state index in [1.54, 1.807) is 23.4 Å². The molecule has 2 aliphatic rings. The lowest BCUT2D eigenvalue weighted by atomic mass is 10.1. The van der Waals surface area contributed by atoms with Crippen molar-refractivity contribution in [2.75, 3.05) is 11.4 Å². The molecule has 1 aromatic heterocycles. The van der Waals surface area contributed by atoms with Crippen LogP contribution in [0.15, 0.2) is 67.0 Å². The fourth-order valence-electron chi connectivity index (χ4n) is 4.35. The van der Waals surface area contributed by atoms with Gasteiger partial charge in [0.2, 0.25) is 5.91 Å². The highest BCUT2D eigenvalue weighted by Gasteiger charge is 2.42. The maximum absolute atomic E-state index is 13.7. The Balaban J connectivity index is 1.48. The number of aromatic nitrogens is 1. The van der Waals surface area contributed by atoms with Gasteiger partial charge in [-0.3, -0.25) is 14.7 Å². The molecule has 0 radical (unpaired) electrons. The first-order valence-corrected chi connectivity index (χ1v) is 10.2. The van der Waals surface area contributed by atoms with Crippen molar-refractivity contribution in [1.29, 1.82) is 0 Å². The van der Waals surface area contributed by atoms with Crippen molar-refractivity contribution in [3.8, 4) is 5.75 Å². The molecule has 3 heterocycles. The first-order chi connectivity index (χ1) is 15.1. The largest absolute Gasteiger partial charge is 0.487 e. The monoisotopic (exact) mass is 421 g/mol. The molecular formula is C24H21F2N3O2. The zero-order valence-corrected chi connectivity index (χ0v) is 16.7. The van der Waals surface area contributed by atoms with Crippen LogP contribution in [0.25, 0.3) is 0 Å². The standard InChI is InChI=1S/C24H21F2N3O2/c25-19-8-7-16(10-20(19)26)13-28-15-18-11-22(28)24(30)29(14-17-4-3-9-27-12-17)21-5-1-2-6-23(21)31-18/h1-10,12,18,22H,11,13-15H2. The molecule has 2 aromatic carbocycles. The lowest BCUT2D eigenvalue weighted by Crippen LogP contribution is -2.45. The summed E-state index contributed by atoms with van der Waals surface area (Å²) in [6.45, 7) is 1.24. The molecule has 0 saturated carbocycles. The van der Waals surface area contributed by atoms with Crippen molar-refractivity contribution in [1.82, 2.24) is 9.88 Å². The van der Waals surface area contributed by atoms with E-state index in [9.17, 15) is 13.6 Å². The zero-order valence-electron chi connectivity index (χ0n) is 16.7. The summed E-state index contributed by atoms with van der Waals surface area (Å²) in [5.74, 6) is -1.14. The molecule has 5 nitrogen and oxygen atoms in total. The van der Waals surface area contributed by atoms with Crippen LogP contribution in [0, 0.1) is 11.6 Å². The highest BCUT2D eigenvalue weighted by molar-refractivity contribution is 5.99. The average molecular weight is 421 g/mol. The Bertz CT molecular complexity index is 1110.